The normalized spacial score (nSPS) is 11.6. The van der Waals surface area contributed by atoms with Gasteiger partial charge >= 0.3 is 0 Å². The molecule has 0 saturated heterocycles. The lowest BCUT2D eigenvalue weighted by atomic mass is 10.0. The zero-order valence-corrected chi connectivity index (χ0v) is 33.5. The van der Waals surface area contributed by atoms with Gasteiger partial charge in [0.05, 0.1) is 0 Å². The fourth-order valence-corrected chi connectivity index (χ4v) is 7.37. The Kier molecular flexibility index (Phi) is 45.9. The first-order valence-electron chi connectivity index (χ1n) is 23.0. The summed E-state index contributed by atoms with van der Waals surface area (Å²) < 4.78 is 5.91. The van der Waals surface area contributed by atoms with Gasteiger partial charge in [0.15, 0.2) is 0 Å². The molecule has 0 radical (unpaired) electrons. The quantitative estimate of drug-likeness (QED) is 0.0590. The lowest BCUT2D eigenvalue weighted by Crippen LogP contribution is -1.97. The van der Waals surface area contributed by atoms with E-state index in [-0.39, 0.29) is 0 Å². The average Bonchev–Trinajstić information content (AvgIpc) is 3.08. The van der Waals surface area contributed by atoms with Crippen molar-refractivity contribution in [1.82, 2.24) is 0 Å². The van der Waals surface area contributed by atoms with E-state index in [4.69, 9.17) is 4.74 Å². The van der Waals surface area contributed by atoms with E-state index < -0.39 is 0 Å². The highest BCUT2D eigenvalue weighted by Gasteiger charge is 1.98. The molecule has 0 aliphatic heterocycles. The number of unbranched alkanes of at least 4 members (excludes halogenated alkanes) is 40. The molecule has 0 rings (SSSR count). The van der Waals surface area contributed by atoms with Crippen molar-refractivity contribution in [2.24, 2.45) is 0 Å². The lowest BCUT2D eigenvalue weighted by Gasteiger charge is -2.06. The molecule has 0 aromatic carbocycles. The first kappa shape index (κ1) is 47.0. The van der Waals surface area contributed by atoms with Gasteiger partial charge in [-0.1, -0.05) is 271 Å². The molecule has 0 aromatic heterocycles. The first-order valence-corrected chi connectivity index (χ1v) is 23.0. The molecule has 0 fully saturated rings. The van der Waals surface area contributed by atoms with Crippen molar-refractivity contribution in [2.75, 3.05) is 13.2 Å². The summed E-state index contributed by atoms with van der Waals surface area (Å²) in [6, 6.07) is 0. The van der Waals surface area contributed by atoms with E-state index >= 15 is 0 Å². The third-order valence-electron chi connectivity index (χ3n) is 10.8. The van der Waals surface area contributed by atoms with Crippen molar-refractivity contribution in [1.29, 1.82) is 0 Å². The second kappa shape index (κ2) is 46.0. The Morgan fingerprint density at radius 3 is 0.447 bits per heavy atom. The Morgan fingerprint density at radius 1 is 0.170 bits per heavy atom. The molecule has 0 saturated carbocycles. The Labute approximate surface area is 300 Å². The van der Waals surface area contributed by atoms with Gasteiger partial charge in [-0.25, -0.2) is 0 Å². The van der Waals surface area contributed by atoms with Gasteiger partial charge in [0, 0.05) is 13.2 Å². The highest BCUT2D eigenvalue weighted by molar-refractivity contribution is 4.53. The van der Waals surface area contributed by atoms with Gasteiger partial charge in [-0.15, -0.1) is 0 Å². The van der Waals surface area contributed by atoms with Gasteiger partial charge in [0.1, 0.15) is 0 Å². The summed E-state index contributed by atoms with van der Waals surface area (Å²) in [4.78, 5) is 0. The van der Waals surface area contributed by atoms with Crippen molar-refractivity contribution in [3.05, 3.63) is 0 Å². The van der Waals surface area contributed by atoms with Crippen molar-refractivity contribution in [3.8, 4) is 0 Å². The SMILES string of the molecule is CCCCCCCCCCCCCCCCCCCCCCCCCCOCCCCCCCCCCCCCCCCCCCC. The summed E-state index contributed by atoms with van der Waals surface area (Å²) >= 11 is 0. The fourth-order valence-electron chi connectivity index (χ4n) is 7.37. The monoisotopic (exact) mass is 663 g/mol. The Hall–Kier alpha value is -0.0400. The molecule has 0 aromatic rings. The van der Waals surface area contributed by atoms with Crippen LogP contribution < -0.4 is 0 Å². The van der Waals surface area contributed by atoms with Crippen LogP contribution in [0.2, 0.25) is 0 Å². The number of rotatable bonds is 44. The topological polar surface area (TPSA) is 9.23 Å². The molecule has 0 atom stereocenters. The van der Waals surface area contributed by atoms with Crippen LogP contribution in [0.5, 0.6) is 0 Å². The van der Waals surface area contributed by atoms with Gasteiger partial charge in [-0.3, -0.25) is 0 Å². The van der Waals surface area contributed by atoms with E-state index in [1.54, 1.807) is 0 Å². The minimum atomic E-state index is 0.998. The van der Waals surface area contributed by atoms with E-state index in [0.29, 0.717) is 0 Å². The molecular weight excluding hydrogens is 569 g/mol. The van der Waals surface area contributed by atoms with Crippen molar-refractivity contribution in [3.63, 3.8) is 0 Å². The summed E-state index contributed by atoms with van der Waals surface area (Å²) in [5, 5.41) is 0. The number of hydrogen-bond donors (Lipinski definition) is 0. The molecule has 0 aliphatic rings. The summed E-state index contributed by atoms with van der Waals surface area (Å²) in [5.41, 5.74) is 0. The average molecular weight is 663 g/mol. The molecule has 0 amide bonds. The molecule has 0 N–H and O–H groups in total. The molecule has 1 heteroatoms. The zero-order chi connectivity index (χ0) is 33.8. The summed E-state index contributed by atoms with van der Waals surface area (Å²) in [5.74, 6) is 0. The van der Waals surface area contributed by atoms with Crippen molar-refractivity contribution >= 4 is 0 Å². The van der Waals surface area contributed by atoms with Crippen LogP contribution in [0.3, 0.4) is 0 Å². The standard InChI is InChI=1S/C46H94O/c1-3-5-7-9-11-13-15-17-19-21-23-24-25-26-27-28-30-32-34-36-38-40-42-44-46-47-45-43-41-39-37-35-33-31-29-22-20-18-16-14-12-10-8-6-4-2/h3-46H2,1-2H3. The largest absolute Gasteiger partial charge is 0.381 e. The van der Waals surface area contributed by atoms with Crippen LogP contribution in [0.1, 0.15) is 284 Å². The van der Waals surface area contributed by atoms with Crippen LogP contribution in [-0.2, 0) is 4.74 Å². The van der Waals surface area contributed by atoms with E-state index in [2.05, 4.69) is 13.8 Å². The maximum absolute atomic E-state index is 5.91. The predicted octanol–water partition coefficient (Wildman–Crippen LogP) is 17.4. The van der Waals surface area contributed by atoms with E-state index in [0.717, 1.165) is 13.2 Å². The van der Waals surface area contributed by atoms with Crippen molar-refractivity contribution < 1.29 is 4.74 Å². The van der Waals surface area contributed by atoms with Crippen LogP contribution in [0.25, 0.3) is 0 Å². The minimum absolute atomic E-state index is 0.998. The highest BCUT2D eigenvalue weighted by atomic mass is 16.5. The highest BCUT2D eigenvalue weighted by Crippen LogP contribution is 2.17. The molecule has 47 heavy (non-hydrogen) atoms. The molecule has 0 aliphatic carbocycles. The summed E-state index contributed by atoms with van der Waals surface area (Å²) in [7, 11) is 0. The smallest absolute Gasteiger partial charge is 0.0466 e. The molecule has 0 spiro atoms. The van der Waals surface area contributed by atoms with Crippen LogP contribution in [0.15, 0.2) is 0 Å². The fraction of sp³-hybridized carbons (Fsp3) is 1.00. The predicted molar refractivity (Wildman–Crippen MR) is 216 cm³/mol. The van der Waals surface area contributed by atoms with Gasteiger partial charge in [-0.05, 0) is 12.8 Å². The second-order valence-electron chi connectivity index (χ2n) is 15.8. The molecular formula is C46H94O. The van der Waals surface area contributed by atoms with Crippen LogP contribution in [0, 0.1) is 0 Å². The first-order chi connectivity index (χ1) is 23.4. The summed E-state index contributed by atoms with van der Waals surface area (Å²) in [6.07, 6.45) is 61.0. The van der Waals surface area contributed by atoms with E-state index in [1.807, 2.05) is 0 Å². The van der Waals surface area contributed by atoms with Gasteiger partial charge in [0.2, 0.25) is 0 Å². The summed E-state index contributed by atoms with van der Waals surface area (Å²) in [6.45, 7) is 6.61. The molecule has 1 nitrogen and oxygen atoms in total. The number of hydrogen-bond acceptors (Lipinski definition) is 1. The molecule has 0 bridgehead atoms. The number of ether oxygens (including phenoxy) is 1. The van der Waals surface area contributed by atoms with Gasteiger partial charge < -0.3 is 4.74 Å². The van der Waals surface area contributed by atoms with Crippen molar-refractivity contribution in [2.45, 2.75) is 284 Å². The molecule has 284 valence electrons. The maximum Gasteiger partial charge on any atom is 0.0466 e. The second-order valence-corrected chi connectivity index (χ2v) is 15.8. The maximum atomic E-state index is 5.91. The van der Waals surface area contributed by atoms with E-state index in [1.165, 1.54) is 270 Å². The Balaban J connectivity index is 3.03. The van der Waals surface area contributed by atoms with Crippen LogP contribution in [-0.4, -0.2) is 13.2 Å². The van der Waals surface area contributed by atoms with E-state index in [9.17, 15) is 0 Å². The Morgan fingerprint density at radius 2 is 0.298 bits per heavy atom. The van der Waals surface area contributed by atoms with Gasteiger partial charge in [0.25, 0.3) is 0 Å². The van der Waals surface area contributed by atoms with Gasteiger partial charge in [-0.2, -0.15) is 0 Å². The third kappa shape index (κ3) is 46.0. The van der Waals surface area contributed by atoms with Crippen LogP contribution in [0.4, 0.5) is 0 Å². The molecule has 0 heterocycles. The van der Waals surface area contributed by atoms with Crippen LogP contribution >= 0.6 is 0 Å². The molecule has 0 unspecified atom stereocenters. The Bertz CT molecular complexity index is 457. The third-order valence-corrected chi connectivity index (χ3v) is 10.8. The lowest BCUT2D eigenvalue weighted by molar-refractivity contribution is 0.125. The minimum Gasteiger partial charge on any atom is -0.381 e. The zero-order valence-electron chi connectivity index (χ0n) is 33.5.